The van der Waals surface area contributed by atoms with Crippen LogP contribution in [0.1, 0.15) is 25.8 Å². The molecule has 0 aliphatic carbocycles. The molecule has 2 heterocycles. The Labute approximate surface area is 230 Å². The van der Waals surface area contributed by atoms with Crippen LogP contribution in [0.2, 0.25) is 0 Å². The van der Waals surface area contributed by atoms with Gasteiger partial charge < -0.3 is 9.64 Å². The summed E-state index contributed by atoms with van der Waals surface area (Å²) in [4.78, 5) is 45.4. The van der Waals surface area contributed by atoms with E-state index in [-0.39, 0.29) is 18.8 Å². The van der Waals surface area contributed by atoms with Gasteiger partial charge in [0.1, 0.15) is 17.0 Å². The number of alkyl halides is 3. The molecular formula is C28H32F4N4O4. The van der Waals surface area contributed by atoms with Gasteiger partial charge >= 0.3 is 12.2 Å². The Morgan fingerprint density at radius 2 is 1.52 bits per heavy atom. The first kappa shape index (κ1) is 29.3. The van der Waals surface area contributed by atoms with Crippen LogP contribution >= 0.6 is 0 Å². The molecule has 2 aromatic carbocycles. The van der Waals surface area contributed by atoms with Gasteiger partial charge in [0, 0.05) is 38.8 Å². The Bertz CT molecular complexity index is 1230. The highest BCUT2D eigenvalue weighted by Crippen LogP contribution is 2.32. The second kappa shape index (κ2) is 11.8. The Kier molecular flexibility index (Phi) is 8.67. The maximum absolute atomic E-state index is 13.7. The van der Waals surface area contributed by atoms with E-state index in [4.69, 9.17) is 4.74 Å². The number of anilines is 1. The summed E-state index contributed by atoms with van der Waals surface area (Å²) in [5.41, 5.74) is -0.199. The molecule has 0 atom stereocenters. The molecule has 0 saturated carbocycles. The molecule has 0 bridgehead atoms. The number of halogens is 4. The number of carbonyl (C=O) groups excluding carboxylic acids is 3. The van der Waals surface area contributed by atoms with Gasteiger partial charge in [-0.15, -0.1) is 0 Å². The molecule has 0 spiro atoms. The van der Waals surface area contributed by atoms with Gasteiger partial charge in [0.2, 0.25) is 11.8 Å². The van der Waals surface area contributed by atoms with E-state index in [1.165, 1.54) is 26.0 Å². The number of ether oxygens (including phenoxy) is 1. The molecule has 216 valence electrons. The van der Waals surface area contributed by atoms with Gasteiger partial charge in [0.25, 0.3) is 0 Å². The van der Waals surface area contributed by atoms with Crippen molar-refractivity contribution in [3.63, 3.8) is 0 Å². The molecule has 2 saturated heterocycles. The summed E-state index contributed by atoms with van der Waals surface area (Å²) in [6, 6.07) is 12.0. The summed E-state index contributed by atoms with van der Waals surface area (Å²) in [6.07, 6.45) is -4.06. The molecule has 0 radical (unpaired) electrons. The molecule has 0 unspecified atom stereocenters. The topological polar surface area (TPSA) is 73.4 Å². The second-order valence-electron chi connectivity index (χ2n) is 10.4. The van der Waals surface area contributed by atoms with Crippen molar-refractivity contribution in [1.29, 1.82) is 0 Å². The Morgan fingerprint density at radius 3 is 2.17 bits per heavy atom. The Morgan fingerprint density at radius 1 is 0.875 bits per heavy atom. The van der Waals surface area contributed by atoms with E-state index in [2.05, 4.69) is 4.90 Å². The summed E-state index contributed by atoms with van der Waals surface area (Å²) in [5.74, 6) is -1.91. The normalized spacial score (nSPS) is 18.4. The van der Waals surface area contributed by atoms with Gasteiger partial charge in [-0.1, -0.05) is 30.3 Å². The van der Waals surface area contributed by atoms with E-state index in [0.29, 0.717) is 44.8 Å². The number of piperazine rings is 1. The van der Waals surface area contributed by atoms with Crippen molar-refractivity contribution in [3.05, 3.63) is 59.9 Å². The molecule has 40 heavy (non-hydrogen) atoms. The van der Waals surface area contributed by atoms with Crippen molar-refractivity contribution in [2.75, 3.05) is 50.8 Å². The lowest BCUT2D eigenvalue weighted by Gasteiger charge is -2.41. The molecule has 8 nitrogen and oxygen atoms in total. The first-order valence-corrected chi connectivity index (χ1v) is 13.0. The minimum Gasteiger partial charge on any atom is -0.482 e. The largest absolute Gasteiger partial charge is 0.482 e. The summed E-state index contributed by atoms with van der Waals surface area (Å²) < 4.78 is 56.5. The fourth-order valence-corrected chi connectivity index (χ4v) is 4.88. The summed E-state index contributed by atoms with van der Waals surface area (Å²) in [7, 11) is 0. The third-order valence-electron chi connectivity index (χ3n) is 7.09. The van der Waals surface area contributed by atoms with Crippen molar-refractivity contribution in [2.24, 2.45) is 5.41 Å². The van der Waals surface area contributed by atoms with Crippen LogP contribution in [-0.2, 0) is 16.1 Å². The smallest absolute Gasteiger partial charge is 0.422 e. The van der Waals surface area contributed by atoms with Crippen LogP contribution in [0, 0.1) is 11.2 Å². The number of imide groups is 2. The summed E-state index contributed by atoms with van der Waals surface area (Å²) in [6.45, 7) is 4.42. The first-order chi connectivity index (χ1) is 18.9. The number of hydrogen-bond acceptors (Lipinski definition) is 6. The highest BCUT2D eigenvalue weighted by molar-refractivity contribution is 6.18. The zero-order valence-electron chi connectivity index (χ0n) is 22.4. The van der Waals surface area contributed by atoms with Gasteiger partial charge in [0.05, 0.1) is 12.2 Å². The SMILES string of the molecule is CC1(C)C(=O)N(CCCN2CCN(c3ccc(F)cc3OCC(F)(F)F)CC2)C(=O)N(Cc2ccccc2)C1=O. The summed E-state index contributed by atoms with van der Waals surface area (Å²) in [5, 5.41) is 0. The Balaban J connectivity index is 1.33. The van der Waals surface area contributed by atoms with E-state index < -0.39 is 41.9 Å². The van der Waals surface area contributed by atoms with Gasteiger partial charge in [-0.2, -0.15) is 13.2 Å². The van der Waals surface area contributed by atoms with Crippen LogP contribution in [0.5, 0.6) is 5.75 Å². The third kappa shape index (κ3) is 6.72. The summed E-state index contributed by atoms with van der Waals surface area (Å²) >= 11 is 0. The zero-order chi connectivity index (χ0) is 29.1. The van der Waals surface area contributed by atoms with Crippen LogP contribution in [0.25, 0.3) is 0 Å². The predicted octanol–water partition coefficient (Wildman–Crippen LogP) is 4.30. The van der Waals surface area contributed by atoms with E-state index in [1.807, 2.05) is 35.2 Å². The second-order valence-corrected chi connectivity index (χ2v) is 10.4. The third-order valence-corrected chi connectivity index (χ3v) is 7.09. The van der Waals surface area contributed by atoms with Crippen molar-refractivity contribution in [3.8, 4) is 5.75 Å². The first-order valence-electron chi connectivity index (χ1n) is 13.0. The molecule has 0 N–H and O–H groups in total. The number of carbonyl (C=O) groups is 3. The Hall–Kier alpha value is -3.67. The molecular weight excluding hydrogens is 532 g/mol. The monoisotopic (exact) mass is 564 g/mol. The molecule has 2 aliphatic heterocycles. The maximum Gasteiger partial charge on any atom is 0.422 e. The molecule has 0 aromatic heterocycles. The molecule has 4 amide bonds. The number of barbiturate groups is 1. The fourth-order valence-electron chi connectivity index (χ4n) is 4.88. The van der Waals surface area contributed by atoms with Crippen LogP contribution < -0.4 is 9.64 Å². The molecule has 2 aliphatic rings. The quantitative estimate of drug-likeness (QED) is 0.334. The number of urea groups is 1. The zero-order valence-corrected chi connectivity index (χ0v) is 22.4. The minimum absolute atomic E-state index is 0.0751. The lowest BCUT2D eigenvalue weighted by Crippen LogP contribution is -2.63. The number of benzene rings is 2. The molecule has 4 rings (SSSR count). The molecule has 12 heteroatoms. The minimum atomic E-state index is -4.54. The van der Waals surface area contributed by atoms with Crippen molar-refractivity contribution in [1.82, 2.24) is 14.7 Å². The van der Waals surface area contributed by atoms with Crippen molar-refractivity contribution >= 4 is 23.5 Å². The van der Waals surface area contributed by atoms with Crippen LogP contribution in [0.3, 0.4) is 0 Å². The van der Waals surface area contributed by atoms with Gasteiger partial charge in [-0.25, -0.2) is 9.18 Å². The van der Waals surface area contributed by atoms with Crippen LogP contribution in [0.4, 0.5) is 28.0 Å². The average Bonchev–Trinajstić information content (AvgIpc) is 2.92. The van der Waals surface area contributed by atoms with E-state index in [9.17, 15) is 31.9 Å². The fraction of sp³-hybridized carbons (Fsp3) is 0.464. The standard InChI is InChI=1S/C28H32F4N4O4/c1-27(2)24(37)35(26(39)36(25(27)38)18-20-7-4-3-5-8-20)12-6-11-33-13-15-34(16-14-33)22-10-9-21(29)17-23(22)40-19-28(30,31)32/h3-5,7-10,17H,6,11-16,18-19H2,1-2H3. The number of amides is 4. The number of rotatable bonds is 9. The molecule has 2 aromatic rings. The highest BCUT2D eigenvalue weighted by atomic mass is 19.4. The lowest BCUT2D eigenvalue weighted by atomic mass is 9.87. The van der Waals surface area contributed by atoms with E-state index in [0.717, 1.165) is 21.4 Å². The van der Waals surface area contributed by atoms with Crippen LogP contribution in [-0.4, -0.2) is 84.6 Å². The van der Waals surface area contributed by atoms with Crippen LogP contribution in [0.15, 0.2) is 48.5 Å². The van der Waals surface area contributed by atoms with Gasteiger partial charge in [0.15, 0.2) is 6.61 Å². The van der Waals surface area contributed by atoms with E-state index in [1.54, 1.807) is 0 Å². The number of hydrogen-bond donors (Lipinski definition) is 0. The lowest BCUT2D eigenvalue weighted by molar-refractivity contribution is -0.157. The maximum atomic E-state index is 13.7. The van der Waals surface area contributed by atoms with Gasteiger partial charge in [-0.3, -0.25) is 24.3 Å². The predicted molar refractivity (Wildman–Crippen MR) is 139 cm³/mol. The average molecular weight is 565 g/mol. The van der Waals surface area contributed by atoms with Gasteiger partial charge in [-0.05, 0) is 44.5 Å². The highest BCUT2D eigenvalue weighted by Gasteiger charge is 2.51. The number of nitrogens with zero attached hydrogens (tertiary/aromatic N) is 4. The van der Waals surface area contributed by atoms with E-state index >= 15 is 0 Å². The molecule has 2 fully saturated rings. The van der Waals surface area contributed by atoms with Crippen molar-refractivity contribution < 1.29 is 36.7 Å². The van der Waals surface area contributed by atoms with Crippen molar-refractivity contribution in [2.45, 2.75) is 33.0 Å².